The Morgan fingerprint density at radius 3 is 1.95 bits per heavy atom. The number of nitrogens with one attached hydrogen (secondary N) is 1. The minimum absolute atomic E-state index is 0.132. The molecule has 1 unspecified atom stereocenters. The molecule has 0 amide bonds. The van der Waals surface area contributed by atoms with E-state index in [1.807, 2.05) is 0 Å². The van der Waals surface area contributed by atoms with Crippen LogP contribution in [0.5, 0.6) is 0 Å². The van der Waals surface area contributed by atoms with E-state index in [9.17, 15) is 12.6 Å². The molecule has 0 fully saturated rings. The maximum Gasteiger partial charge on any atom is 0.259 e. The van der Waals surface area contributed by atoms with Crippen LogP contribution in [0.25, 0.3) is 0 Å². The molecule has 0 aromatic heterocycles. The summed E-state index contributed by atoms with van der Waals surface area (Å²) in [6.45, 7) is 0. The summed E-state index contributed by atoms with van der Waals surface area (Å²) in [5.74, 6) is 0. The zero-order valence-corrected chi connectivity index (χ0v) is 11.3. The van der Waals surface area contributed by atoms with E-state index in [0.717, 1.165) is 0 Å². The number of hydrogen-bond acceptors (Lipinski definition) is 3. The smallest absolute Gasteiger partial charge is 0.259 e. The summed E-state index contributed by atoms with van der Waals surface area (Å²) < 4.78 is 45.9. The Hall–Kier alpha value is -1.70. The van der Waals surface area contributed by atoms with Crippen molar-refractivity contribution in [3.05, 3.63) is 54.6 Å². The van der Waals surface area contributed by atoms with Gasteiger partial charge in [-0.2, -0.15) is 0 Å². The van der Waals surface area contributed by atoms with E-state index < -0.39 is 21.1 Å². The summed E-state index contributed by atoms with van der Waals surface area (Å²) in [4.78, 5) is 0.342. The van der Waals surface area contributed by atoms with Crippen LogP contribution < -0.4 is 4.72 Å². The summed E-state index contributed by atoms with van der Waals surface area (Å²) in [5, 5.41) is 0. The molecule has 100 valence electrons. The van der Waals surface area contributed by atoms with Gasteiger partial charge in [0.2, 0.25) is 9.84 Å². The van der Waals surface area contributed by atoms with Gasteiger partial charge in [0.15, 0.2) is 0 Å². The Morgan fingerprint density at radius 1 is 0.895 bits per heavy atom. The van der Waals surface area contributed by atoms with Crippen LogP contribution in [0, 0.1) is 0 Å². The molecule has 0 aliphatic rings. The van der Waals surface area contributed by atoms with Gasteiger partial charge in [-0.1, -0.05) is 18.2 Å². The van der Waals surface area contributed by atoms with Crippen molar-refractivity contribution >= 4 is 26.8 Å². The number of sulfone groups is 1. The van der Waals surface area contributed by atoms with Crippen molar-refractivity contribution in [1.29, 1.82) is 0 Å². The number of anilines is 1. The fourth-order valence-corrected chi connectivity index (χ4v) is 3.16. The first-order valence-electron chi connectivity index (χ1n) is 5.28. The van der Waals surface area contributed by atoms with Gasteiger partial charge in [0.1, 0.15) is 0 Å². The topological polar surface area (TPSA) is 83.5 Å². The first-order chi connectivity index (χ1) is 9.00. The number of rotatable bonds is 4. The highest BCUT2D eigenvalue weighted by molar-refractivity contribution is 7.91. The van der Waals surface area contributed by atoms with Crippen LogP contribution in [0.1, 0.15) is 0 Å². The maximum absolute atomic E-state index is 12.2. The van der Waals surface area contributed by atoms with Gasteiger partial charge in [-0.3, -0.25) is 9.27 Å². The average Bonchev–Trinajstić information content (AvgIpc) is 2.40. The van der Waals surface area contributed by atoms with E-state index >= 15 is 0 Å². The van der Waals surface area contributed by atoms with Crippen LogP contribution in [-0.4, -0.2) is 17.2 Å². The van der Waals surface area contributed by atoms with E-state index in [0.29, 0.717) is 5.69 Å². The van der Waals surface area contributed by atoms with Crippen molar-refractivity contribution in [2.24, 2.45) is 0 Å². The molecule has 2 aromatic rings. The Labute approximate surface area is 113 Å². The molecule has 2 rings (SSSR count). The molecule has 5 nitrogen and oxygen atoms in total. The molecule has 0 saturated heterocycles. The first-order valence-corrected chi connectivity index (χ1v) is 7.87. The van der Waals surface area contributed by atoms with Crippen LogP contribution >= 0.6 is 0 Å². The van der Waals surface area contributed by atoms with Crippen molar-refractivity contribution in [3.63, 3.8) is 0 Å². The van der Waals surface area contributed by atoms with Crippen molar-refractivity contribution in [1.82, 2.24) is 0 Å². The highest BCUT2D eigenvalue weighted by Gasteiger charge is 2.16. The quantitative estimate of drug-likeness (QED) is 0.846. The molecule has 19 heavy (non-hydrogen) atoms. The van der Waals surface area contributed by atoms with E-state index in [-0.39, 0.29) is 9.79 Å². The van der Waals surface area contributed by atoms with Gasteiger partial charge >= 0.3 is 0 Å². The SMILES string of the molecule is O=S(O)Nc1ccc(S(=O)(=O)c2ccccc2)cc1. The lowest BCUT2D eigenvalue weighted by Crippen LogP contribution is -2.04. The van der Waals surface area contributed by atoms with Crippen LogP contribution in [0.3, 0.4) is 0 Å². The van der Waals surface area contributed by atoms with Gasteiger partial charge in [0.05, 0.1) is 9.79 Å². The minimum Gasteiger partial charge on any atom is -0.289 e. The third kappa shape index (κ3) is 3.19. The third-order valence-corrected chi connectivity index (χ3v) is 4.62. The van der Waals surface area contributed by atoms with E-state index in [4.69, 9.17) is 4.55 Å². The lowest BCUT2D eigenvalue weighted by molar-refractivity contribution is 0.570. The van der Waals surface area contributed by atoms with E-state index in [1.54, 1.807) is 18.2 Å². The molecular weight excluding hydrogens is 286 g/mol. The highest BCUT2D eigenvalue weighted by atomic mass is 32.2. The van der Waals surface area contributed by atoms with E-state index in [2.05, 4.69) is 4.72 Å². The Kier molecular flexibility index (Phi) is 3.98. The molecule has 0 saturated carbocycles. The second-order valence-corrected chi connectivity index (χ2v) is 6.34. The van der Waals surface area contributed by atoms with Gasteiger partial charge in [-0.25, -0.2) is 12.6 Å². The first kappa shape index (κ1) is 13.7. The van der Waals surface area contributed by atoms with Crippen molar-refractivity contribution in [2.75, 3.05) is 4.72 Å². The standard InChI is InChI=1S/C12H11NO4S2/c14-18(15)13-10-6-8-12(9-7-10)19(16,17)11-4-2-1-3-5-11/h1-9,13H,(H,14,15). The van der Waals surface area contributed by atoms with Crippen LogP contribution in [-0.2, 0) is 21.1 Å². The van der Waals surface area contributed by atoms with Crippen LogP contribution in [0.2, 0.25) is 0 Å². The highest BCUT2D eigenvalue weighted by Crippen LogP contribution is 2.22. The van der Waals surface area contributed by atoms with Crippen molar-refractivity contribution in [3.8, 4) is 0 Å². The van der Waals surface area contributed by atoms with E-state index in [1.165, 1.54) is 36.4 Å². The molecular formula is C12H11NO4S2. The van der Waals surface area contributed by atoms with Crippen molar-refractivity contribution < 1.29 is 17.2 Å². The molecule has 2 aromatic carbocycles. The summed E-state index contributed by atoms with van der Waals surface area (Å²) in [7, 11) is -3.55. The third-order valence-electron chi connectivity index (χ3n) is 2.42. The molecule has 2 N–H and O–H groups in total. The molecule has 0 aliphatic carbocycles. The fourth-order valence-electron chi connectivity index (χ4n) is 1.54. The Balaban J connectivity index is 2.35. The van der Waals surface area contributed by atoms with Crippen LogP contribution in [0.15, 0.2) is 64.4 Å². The molecule has 7 heteroatoms. The van der Waals surface area contributed by atoms with Crippen molar-refractivity contribution in [2.45, 2.75) is 9.79 Å². The largest absolute Gasteiger partial charge is 0.289 e. The second-order valence-electron chi connectivity index (χ2n) is 3.69. The average molecular weight is 297 g/mol. The Bertz CT molecular complexity index is 681. The van der Waals surface area contributed by atoms with Gasteiger partial charge in [-0.15, -0.1) is 0 Å². The number of hydrogen-bond donors (Lipinski definition) is 2. The lowest BCUT2D eigenvalue weighted by atomic mass is 10.3. The molecule has 0 heterocycles. The fraction of sp³-hybridized carbons (Fsp3) is 0. The molecule has 0 radical (unpaired) electrons. The Morgan fingerprint density at radius 2 is 1.42 bits per heavy atom. The predicted molar refractivity (Wildman–Crippen MR) is 72.7 cm³/mol. The molecule has 0 spiro atoms. The summed E-state index contributed by atoms with van der Waals surface area (Å²) in [6.07, 6.45) is 0. The summed E-state index contributed by atoms with van der Waals surface area (Å²) in [5.41, 5.74) is 0.368. The zero-order chi connectivity index (χ0) is 13.9. The maximum atomic E-state index is 12.2. The minimum atomic E-state index is -3.55. The van der Waals surface area contributed by atoms with Gasteiger partial charge in [-0.05, 0) is 36.4 Å². The predicted octanol–water partition coefficient (Wildman–Crippen LogP) is 2.07. The molecule has 0 aliphatic heterocycles. The van der Waals surface area contributed by atoms with Crippen LogP contribution in [0.4, 0.5) is 5.69 Å². The second kappa shape index (κ2) is 5.52. The molecule has 1 atom stereocenters. The summed E-state index contributed by atoms with van der Waals surface area (Å²) in [6, 6.07) is 13.7. The van der Waals surface area contributed by atoms with Gasteiger partial charge in [0, 0.05) is 5.69 Å². The lowest BCUT2D eigenvalue weighted by Gasteiger charge is -2.06. The number of benzene rings is 2. The van der Waals surface area contributed by atoms with Gasteiger partial charge < -0.3 is 0 Å². The normalized spacial score (nSPS) is 12.9. The monoisotopic (exact) mass is 297 g/mol. The van der Waals surface area contributed by atoms with Gasteiger partial charge in [0.25, 0.3) is 11.3 Å². The summed E-state index contributed by atoms with van der Waals surface area (Å²) >= 11 is -2.18. The zero-order valence-electron chi connectivity index (χ0n) is 9.68. The molecule has 0 bridgehead atoms.